The van der Waals surface area contributed by atoms with Crippen LogP contribution in [0.15, 0.2) is 85.1 Å². The molecule has 0 aliphatic heterocycles. The summed E-state index contributed by atoms with van der Waals surface area (Å²) in [5.74, 6) is -0.709. The van der Waals surface area contributed by atoms with E-state index < -0.39 is 6.10 Å². The Morgan fingerprint density at radius 3 is 1.50 bits per heavy atom. The van der Waals surface area contributed by atoms with Gasteiger partial charge in [-0.15, -0.1) is 0 Å². The summed E-state index contributed by atoms with van der Waals surface area (Å²) in [5.41, 5.74) is 0. The lowest BCUT2D eigenvalue weighted by atomic mass is 10.1. The van der Waals surface area contributed by atoms with Crippen LogP contribution in [0.25, 0.3) is 0 Å². The quantitative estimate of drug-likeness (QED) is 0.0465. The van der Waals surface area contributed by atoms with Crippen LogP contribution in [0.2, 0.25) is 0 Å². The van der Waals surface area contributed by atoms with Crippen LogP contribution >= 0.6 is 0 Å². The van der Waals surface area contributed by atoms with Gasteiger partial charge in [0.2, 0.25) is 0 Å². The predicted molar refractivity (Wildman–Crippen MR) is 196 cm³/mol. The predicted octanol–water partition coefficient (Wildman–Crippen LogP) is 11.2. The van der Waals surface area contributed by atoms with Gasteiger partial charge in [0, 0.05) is 12.8 Å². The number of hydrogen-bond donors (Lipinski definition) is 1. The first-order valence-electron chi connectivity index (χ1n) is 18.1. The molecule has 0 spiro atoms. The summed E-state index contributed by atoms with van der Waals surface area (Å²) in [5, 5.41) is 9.51. The van der Waals surface area contributed by atoms with Crippen LogP contribution < -0.4 is 0 Å². The third-order valence-corrected chi connectivity index (χ3v) is 7.19. The number of allylic oxidation sites excluding steroid dienone is 14. The Kier molecular flexibility index (Phi) is 34.2. The second-order valence-corrected chi connectivity index (χ2v) is 11.6. The van der Waals surface area contributed by atoms with Crippen molar-refractivity contribution in [2.75, 3.05) is 13.2 Å². The highest BCUT2D eigenvalue weighted by molar-refractivity contribution is 5.70. The topological polar surface area (TPSA) is 72.8 Å². The third-order valence-electron chi connectivity index (χ3n) is 7.19. The van der Waals surface area contributed by atoms with Crippen molar-refractivity contribution in [1.29, 1.82) is 0 Å². The van der Waals surface area contributed by atoms with E-state index in [-0.39, 0.29) is 31.6 Å². The third kappa shape index (κ3) is 34.0. The first-order chi connectivity index (χ1) is 22.6. The van der Waals surface area contributed by atoms with E-state index in [9.17, 15) is 14.7 Å². The second kappa shape index (κ2) is 36.5. The molecule has 0 aliphatic rings. The molecule has 0 aromatic heterocycles. The molecule has 1 atom stereocenters. The molecule has 1 N–H and O–H groups in total. The highest BCUT2D eigenvalue weighted by atomic mass is 16.6. The van der Waals surface area contributed by atoms with E-state index in [1.807, 2.05) is 12.2 Å². The molecule has 0 bridgehead atoms. The number of carbonyl (C=O) groups is 2. The molecule has 0 unspecified atom stereocenters. The summed E-state index contributed by atoms with van der Waals surface area (Å²) in [4.78, 5) is 24.1. The van der Waals surface area contributed by atoms with Gasteiger partial charge < -0.3 is 14.6 Å². The smallest absolute Gasteiger partial charge is 0.306 e. The first-order valence-corrected chi connectivity index (χ1v) is 18.1. The number of ether oxygens (including phenoxy) is 2. The van der Waals surface area contributed by atoms with Gasteiger partial charge >= 0.3 is 11.9 Å². The molecule has 5 heteroatoms. The standard InChI is InChI=1S/C41H66O5/c1-3-5-7-9-11-13-15-17-18-19-20-21-22-24-25-27-29-31-33-35-40(43)45-38-39(37-42)46-41(44)36-34-32-30-28-26-23-16-14-12-10-8-6-4-2/h5,7,11,13-14,16-18,20-21,24-25,29,31,39,42H,3-4,6,8-10,12,15,19,22-23,26-28,30,32-38H2,1-2H3/b7-5-,13-11-,16-14-,18-17-,21-20-,25-24-,31-29-/t39-/m0/s1. The molecule has 0 saturated heterocycles. The molecule has 260 valence electrons. The van der Waals surface area contributed by atoms with Crippen molar-refractivity contribution < 1.29 is 24.2 Å². The Morgan fingerprint density at radius 1 is 0.522 bits per heavy atom. The van der Waals surface area contributed by atoms with Crippen molar-refractivity contribution in [2.45, 2.75) is 148 Å². The van der Waals surface area contributed by atoms with Crippen molar-refractivity contribution in [3.8, 4) is 0 Å². The molecule has 46 heavy (non-hydrogen) atoms. The van der Waals surface area contributed by atoms with E-state index in [4.69, 9.17) is 9.47 Å². The zero-order valence-corrected chi connectivity index (χ0v) is 29.3. The van der Waals surface area contributed by atoms with Gasteiger partial charge in [0.25, 0.3) is 0 Å². The fourth-order valence-corrected chi connectivity index (χ4v) is 4.45. The van der Waals surface area contributed by atoms with Gasteiger partial charge in [-0.3, -0.25) is 9.59 Å². The van der Waals surface area contributed by atoms with Crippen molar-refractivity contribution in [2.24, 2.45) is 0 Å². The van der Waals surface area contributed by atoms with Crippen LogP contribution in [-0.4, -0.2) is 36.4 Å². The normalized spacial score (nSPS) is 13.2. The SMILES string of the molecule is CC/C=C\C/C=C\C/C=C\C/C=C\C/C=C\C/C=C\CCC(=O)OC[C@H](CO)OC(=O)CCCCCCC/C=C\CCCCCC. The highest BCUT2D eigenvalue weighted by Crippen LogP contribution is 2.10. The maximum absolute atomic E-state index is 12.1. The minimum Gasteiger partial charge on any atom is -0.462 e. The van der Waals surface area contributed by atoms with Crippen molar-refractivity contribution in [3.05, 3.63) is 85.1 Å². The van der Waals surface area contributed by atoms with Crippen LogP contribution in [0.4, 0.5) is 0 Å². The Labute approximate surface area is 282 Å². The van der Waals surface area contributed by atoms with Crippen LogP contribution in [0, 0.1) is 0 Å². The minimum atomic E-state index is -0.809. The zero-order valence-electron chi connectivity index (χ0n) is 29.3. The Bertz CT molecular complexity index is 906. The van der Waals surface area contributed by atoms with E-state index in [0.29, 0.717) is 12.8 Å². The average Bonchev–Trinajstić information content (AvgIpc) is 3.06. The molecule has 0 aliphatic carbocycles. The van der Waals surface area contributed by atoms with Gasteiger partial charge in [-0.1, -0.05) is 137 Å². The van der Waals surface area contributed by atoms with E-state index >= 15 is 0 Å². The monoisotopic (exact) mass is 638 g/mol. The fraction of sp³-hybridized carbons (Fsp3) is 0.610. The number of hydrogen-bond acceptors (Lipinski definition) is 5. The number of unbranched alkanes of at least 4 members (excludes halogenated alkanes) is 9. The molecule has 0 heterocycles. The molecule has 0 fully saturated rings. The molecule has 0 saturated carbocycles. The van der Waals surface area contributed by atoms with Crippen LogP contribution in [-0.2, 0) is 19.1 Å². The molecule has 0 amide bonds. The number of aliphatic hydroxyl groups excluding tert-OH is 1. The Morgan fingerprint density at radius 2 is 0.978 bits per heavy atom. The molecule has 0 rings (SSSR count). The van der Waals surface area contributed by atoms with E-state index in [2.05, 4.69) is 86.8 Å². The zero-order chi connectivity index (χ0) is 33.6. The fourth-order valence-electron chi connectivity index (χ4n) is 4.45. The molecule has 5 nitrogen and oxygen atoms in total. The Hall–Kier alpha value is -2.92. The summed E-state index contributed by atoms with van der Waals surface area (Å²) in [7, 11) is 0. The Balaban J connectivity index is 3.76. The molecular formula is C41H66O5. The van der Waals surface area contributed by atoms with Gasteiger partial charge in [0.1, 0.15) is 6.61 Å². The van der Waals surface area contributed by atoms with E-state index in [0.717, 1.165) is 64.2 Å². The second-order valence-electron chi connectivity index (χ2n) is 11.6. The van der Waals surface area contributed by atoms with Crippen molar-refractivity contribution in [3.63, 3.8) is 0 Å². The summed E-state index contributed by atoms with van der Waals surface area (Å²) < 4.78 is 10.5. The largest absolute Gasteiger partial charge is 0.462 e. The molecule has 0 radical (unpaired) electrons. The summed E-state index contributed by atoms with van der Waals surface area (Å²) in [6.07, 6.45) is 49.3. The summed E-state index contributed by atoms with van der Waals surface area (Å²) in [6.45, 7) is 3.91. The van der Waals surface area contributed by atoms with Crippen molar-refractivity contribution >= 4 is 11.9 Å². The lowest BCUT2D eigenvalue weighted by Crippen LogP contribution is -2.28. The number of esters is 2. The highest BCUT2D eigenvalue weighted by Gasteiger charge is 2.15. The lowest BCUT2D eigenvalue weighted by Gasteiger charge is -2.15. The van der Waals surface area contributed by atoms with Gasteiger partial charge in [-0.05, 0) is 77.0 Å². The maximum Gasteiger partial charge on any atom is 0.306 e. The summed E-state index contributed by atoms with van der Waals surface area (Å²) in [6, 6.07) is 0. The van der Waals surface area contributed by atoms with Crippen LogP contribution in [0.1, 0.15) is 142 Å². The molecule has 0 aromatic carbocycles. The van der Waals surface area contributed by atoms with Gasteiger partial charge in [-0.25, -0.2) is 0 Å². The van der Waals surface area contributed by atoms with Gasteiger partial charge in [0.05, 0.1) is 6.61 Å². The first kappa shape index (κ1) is 43.1. The average molecular weight is 639 g/mol. The van der Waals surface area contributed by atoms with Crippen molar-refractivity contribution in [1.82, 2.24) is 0 Å². The van der Waals surface area contributed by atoms with Gasteiger partial charge in [0.15, 0.2) is 6.10 Å². The number of carbonyl (C=O) groups excluding carboxylic acids is 2. The minimum absolute atomic E-state index is 0.114. The van der Waals surface area contributed by atoms with E-state index in [1.165, 1.54) is 44.9 Å². The summed E-state index contributed by atoms with van der Waals surface area (Å²) >= 11 is 0. The van der Waals surface area contributed by atoms with Crippen LogP contribution in [0.5, 0.6) is 0 Å². The van der Waals surface area contributed by atoms with Gasteiger partial charge in [-0.2, -0.15) is 0 Å². The maximum atomic E-state index is 12.1. The lowest BCUT2D eigenvalue weighted by molar-refractivity contribution is -0.161. The van der Waals surface area contributed by atoms with Crippen LogP contribution in [0.3, 0.4) is 0 Å². The number of aliphatic hydroxyl groups is 1. The molecule has 0 aromatic rings. The molecular weight excluding hydrogens is 572 g/mol. The van der Waals surface area contributed by atoms with E-state index in [1.54, 1.807) is 0 Å². The number of rotatable bonds is 31.